The molecule has 1 saturated carbocycles. The van der Waals surface area contributed by atoms with Crippen molar-refractivity contribution in [2.75, 3.05) is 6.61 Å². The molecule has 18 heavy (non-hydrogen) atoms. The van der Waals surface area contributed by atoms with Crippen molar-refractivity contribution in [3.8, 4) is 0 Å². The molecule has 0 aromatic carbocycles. The van der Waals surface area contributed by atoms with E-state index in [2.05, 4.69) is 26.1 Å². The number of hydrogen-bond acceptors (Lipinski definition) is 3. The molecule has 0 saturated heterocycles. The first-order valence-electron chi connectivity index (χ1n) is 6.94. The maximum Gasteiger partial charge on any atom is 0.222 e. The molecular weight excluding hydrogens is 228 g/mol. The summed E-state index contributed by atoms with van der Waals surface area (Å²) in [4.78, 5) is 12.0. The number of aliphatic hydroxyl groups excluding tert-OH is 1. The van der Waals surface area contributed by atoms with Crippen LogP contribution in [0.4, 0.5) is 0 Å². The highest BCUT2D eigenvalue weighted by Gasteiger charge is 2.34. The van der Waals surface area contributed by atoms with Crippen LogP contribution < -0.4 is 11.1 Å². The Morgan fingerprint density at radius 1 is 1.39 bits per heavy atom. The molecule has 0 spiro atoms. The fourth-order valence-electron chi connectivity index (χ4n) is 2.82. The van der Waals surface area contributed by atoms with Gasteiger partial charge in [0.15, 0.2) is 0 Å². The van der Waals surface area contributed by atoms with Gasteiger partial charge in [-0.1, -0.05) is 33.6 Å². The minimum absolute atomic E-state index is 0.0253. The first-order chi connectivity index (χ1) is 8.26. The van der Waals surface area contributed by atoms with Crippen molar-refractivity contribution in [3.63, 3.8) is 0 Å². The van der Waals surface area contributed by atoms with Crippen molar-refractivity contribution in [2.24, 2.45) is 11.1 Å². The Morgan fingerprint density at radius 3 is 2.39 bits per heavy atom. The number of nitrogens with one attached hydrogen (secondary N) is 1. The molecule has 1 atom stereocenters. The van der Waals surface area contributed by atoms with Crippen LogP contribution >= 0.6 is 0 Å². The van der Waals surface area contributed by atoms with Gasteiger partial charge in [0.05, 0.1) is 12.1 Å². The lowest BCUT2D eigenvalue weighted by molar-refractivity contribution is -0.124. The van der Waals surface area contributed by atoms with E-state index in [1.807, 2.05) is 0 Å². The molecule has 0 aromatic rings. The Kier molecular flexibility index (Phi) is 5.17. The minimum Gasteiger partial charge on any atom is -0.394 e. The lowest BCUT2D eigenvalue weighted by atomic mass is 9.87. The van der Waals surface area contributed by atoms with E-state index in [-0.39, 0.29) is 29.5 Å². The largest absolute Gasteiger partial charge is 0.394 e. The van der Waals surface area contributed by atoms with E-state index in [9.17, 15) is 9.90 Å². The smallest absolute Gasteiger partial charge is 0.222 e. The highest BCUT2D eigenvalue weighted by Crippen LogP contribution is 2.29. The summed E-state index contributed by atoms with van der Waals surface area (Å²) in [7, 11) is 0. The monoisotopic (exact) mass is 256 g/mol. The average Bonchev–Trinajstić information content (AvgIpc) is 2.63. The number of hydrogen-bond donors (Lipinski definition) is 3. The van der Waals surface area contributed by atoms with Crippen molar-refractivity contribution in [2.45, 2.75) is 70.9 Å². The van der Waals surface area contributed by atoms with Crippen LogP contribution in [0.5, 0.6) is 0 Å². The summed E-state index contributed by atoms with van der Waals surface area (Å²) < 4.78 is 0. The van der Waals surface area contributed by atoms with Crippen LogP contribution in [0.2, 0.25) is 0 Å². The van der Waals surface area contributed by atoms with Gasteiger partial charge in [-0.3, -0.25) is 4.79 Å². The molecule has 4 heteroatoms. The third-order valence-corrected chi connectivity index (χ3v) is 3.59. The highest BCUT2D eigenvalue weighted by molar-refractivity contribution is 5.77. The number of aliphatic hydroxyl groups is 1. The Bertz CT molecular complexity index is 278. The summed E-state index contributed by atoms with van der Waals surface area (Å²) in [5.41, 5.74) is 5.76. The van der Waals surface area contributed by atoms with Crippen LogP contribution in [0.3, 0.4) is 0 Å². The lowest BCUT2D eigenvalue weighted by Crippen LogP contribution is -2.50. The molecule has 1 aliphatic carbocycles. The van der Waals surface area contributed by atoms with E-state index < -0.39 is 0 Å². The normalized spacial score (nSPS) is 20.7. The molecule has 106 valence electrons. The fourth-order valence-corrected chi connectivity index (χ4v) is 2.82. The van der Waals surface area contributed by atoms with E-state index in [0.717, 1.165) is 32.1 Å². The van der Waals surface area contributed by atoms with Gasteiger partial charge in [-0.05, 0) is 24.7 Å². The molecule has 0 heterocycles. The number of rotatable bonds is 5. The van der Waals surface area contributed by atoms with Gasteiger partial charge in [0.1, 0.15) is 0 Å². The second-order valence-corrected chi connectivity index (χ2v) is 6.92. The molecule has 4 N–H and O–H groups in total. The van der Waals surface area contributed by atoms with Crippen molar-refractivity contribution < 1.29 is 9.90 Å². The molecule has 0 radical (unpaired) electrons. The zero-order valence-electron chi connectivity index (χ0n) is 12.0. The second-order valence-electron chi connectivity index (χ2n) is 6.92. The molecule has 1 unspecified atom stereocenters. The van der Waals surface area contributed by atoms with Crippen molar-refractivity contribution >= 4 is 5.91 Å². The van der Waals surface area contributed by atoms with Gasteiger partial charge < -0.3 is 16.2 Å². The van der Waals surface area contributed by atoms with Crippen LogP contribution in [0, 0.1) is 5.41 Å². The lowest BCUT2D eigenvalue weighted by Gasteiger charge is -2.29. The quantitative estimate of drug-likeness (QED) is 0.699. The van der Waals surface area contributed by atoms with Crippen LogP contribution in [-0.4, -0.2) is 29.2 Å². The third-order valence-electron chi connectivity index (χ3n) is 3.59. The standard InChI is InChI=1S/C14H28N2O2/c1-13(2,3)9-11(15)8-12(18)16-14(10-17)6-4-5-7-14/h11,17H,4-10,15H2,1-3H3,(H,16,18). The van der Waals surface area contributed by atoms with E-state index in [0.29, 0.717) is 6.42 Å². The molecule has 0 bridgehead atoms. The van der Waals surface area contributed by atoms with Crippen LogP contribution in [0.15, 0.2) is 0 Å². The number of carbonyl (C=O) groups excluding carboxylic acids is 1. The predicted octanol–water partition coefficient (Wildman–Crippen LogP) is 1.56. The van der Waals surface area contributed by atoms with Crippen molar-refractivity contribution in [1.29, 1.82) is 0 Å². The number of amides is 1. The molecule has 1 rings (SSSR count). The first-order valence-corrected chi connectivity index (χ1v) is 6.94. The van der Waals surface area contributed by atoms with Gasteiger partial charge in [0.2, 0.25) is 5.91 Å². The molecule has 1 amide bonds. The maximum atomic E-state index is 12.0. The molecule has 1 aliphatic rings. The van der Waals surface area contributed by atoms with Gasteiger partial charge in [0.25, 0.3) is 0 Å². The van der Waals surface area contributed by atoms with Crippen LogP contribution in [-0.2, 0) is 4.79 Å². The molecule has 0 aliphatic heterocycles. The van der Waals surface area contributed by atoms with Gasteiger partial charge in [-0.15, -0.1) is 0 Å². The average molecular weight is 256 g/mol. The zero-order chi connectivity index (χ0) is 13.8. The van der Waals surface area contributed by atoms with Gasteiger partial charge >= 0.3 is 0 Å². The minimum atomic E-state index is -0.376. The predicted molar refractivity (Wildman–Crippen MR) is 73.1 cm³/mol. The van der Waals surface area contributed by atoms with Gasteiger partial charge in [-0.2, -0.15) is 0 Å². The summed E-state index contributed by atoms with van der Waals surface area (Å²) >= 11 is 0. The Morgan fingerprint density at radius 2 is 1.94 bits per heavy atom. The van der Waals surface area contributed by atoms with Gasteiger partial charge in [-0.25, -0.2) is 0 Å². The summed E-state index contributed by atoms with van der Waals surface area (Å²) in [5, 5.41) is 12.4. The number of carbonyl (C=O) groups is 1. The Hall–Kier alpha value is -0.610. The summed E-state index contributed by atoms with van der Waals surface area (Å²) in [5.74, 6) is -0.0253. The van der Waals surface area contributed by atoms with Crippen LogP contribution in [0.1, 0.15) is 59.3 Å². The first kappa shape index (κ1) is 15.4. The fraction of sp³-hybridized carbons (Fsp3) is 0.929. The zero-order valence-corrected chi connectivity index (χ0v) is 12.0. The molecule has 0 aromatic heterocycles. The van der Waals surface area contributed by atoms with Crippen molar-refractivity contribution in [3.05, 3.63) is 0 Å². The summed E-state index contributed by atoms with van der Waals surface area (Å²) in [6.45, 7) is 6.40. The molecular formula is C14H28N2O2. The van der Waals surface area contributed by atoms with Crippen LogP contribution in [0.25, 0.3) is 0 Å². The maximum absolute atomic E-state index is 12.0. The van der Waals surface area contributed by atoms with Gasteiger partial charge in [0, 0.05) is 12.5 Å². The Labute approximate surface area is 110 Å². The van der Waals surface area contributed by atoms with E-state index in [1.54, 1.807) is 0 Å². The molecule has 1 fully saturated rings. The highest BCUT2D eigenvalue weighted by atomic mass is 16.3. The van der Waals surface area contributed by atoms with Crippen molar-refractivity contribution in [1.82, 2.24) is 5.32 Å². The van der Waals surface area contributed by atoms with E-state index in [1.165, 1.54) is 0 Å². The summed E-state index contributed by atoms with van der Waals surface area (Å²) in [6.07, 6.45) is 5.09. The van der Waals surface area contributed by atoms with E-state index in [4.69, 9.17) is 5.73 Å². The van der Waals surface area contributed by atoms with E-state index >= 15 is 0 Å². The molecule has 4 nitrogen and oxygen atoms in total. The SMILES string of the molecule is CC(C)(C)CC(N)CC(=O)NC1(CO)CCCC1. The summed E-state index contributed by atoms with van der Waals surface area (Å²) in [6, 6.07) is -0.109. The third kappa shape index (κ3) is 4.94. The second kappa shape index (κ2) is 6.02. The number of nitrogens with two attached hydrogens (primary N) is 1. The topological polar surface area (TPSA) is 75.4 Å². The Balaban J connectivity index is 2.41.